The Balaban J connectivity index is 2.88. The van der Waals surface area contributed by atoms with E-state index in [0.717, 1.165) is 12.8 Å². The molecular formula is C14H22N2O4S. The van der Waals surface area contributed by atoms with Crippen LogP contribution in [0.15, 0.2) is 23.1 Å². The number of amides is 2. The van der Waals surface area contributed by atoms with E-state index in [-0.39, 0.29) is 28.1 Å². The van der Waals surface area contributed by atoms with Gasteiger partial charge in [-0.2, -0.15) is 0 Å². The van der Waals surface area contributed by atoms with E-state index in [2.05, 4.69) is 10.6 Å². The predicted octanol–water partition coefficient (Wildman–Crippen LogP) is 2.50. The van der Waals surface area contributed by atoms with Crippen molar-refractivity contribution in [2.75, 3.05) is 11.1 Å². The third-order valence-corrected chi connectivity index (χ3v) is 4.79. The lowest BCUT2D eigenvalue weighted by Gasteiger charge is -2.14. The van der Waals surface area contributed by atoms with Gasteiger partial charge in [-0.05, 0) is 31.5 Å². The number of rotatable bonds is 6. The maximum Gasteiger partial charge on any atom is 0.319 e. The summed E-state index contributed by atoms with van der Waals surface area (Å²) < 4.78 is 23.6. The molecule has 0 aromatic heterocycles. The lowest BCUT2D eigenvalue weighted by atomic mass is 10.2. The Labute approximate surface area is 125 Å². The number of urea groups is 1. The van der Waals surface area contributed by atoms with Crippen LogP contribution in [0.1, 0.15) is 33.6 Å². The highest BCUT2D eigenvalue weighted by molar-refractivity contribution is 7.91. The largest absolute Gasteiger partial charge is 0.506 e. The maximum atomic E-state index is 11.8. The fourth-order valence-corrected chi connectivity index (χ4v) is 2.77. The van der Waals surface area contributed by atoms with Crippen molar-refractivity contribution in [3.63, 3.8) is 0 Å². The molecule has 2 amide bonds. The molecule has 6 nitrogen and oxygen atoms in total. The average Bonchev–Trinajstić information content (AvgIpc) is 2.41. The third kappa shape index (κ3) is 4.93. The summed E-state index contributed by atoms with van der Waals surface area (Å²) in [5, 5.41) is 14.9. The summed E-state index contributed by atoms with van der Waals surface area (Å²) in [5.41, 5.74) is 0.0747. The number of carbonyl (C=O) groups excluding carboxylic acids is 1. The topological polar surface area (TPSA) is 95.5 Å². The van der Waals surface area contributed by atoms with Gasteiger partial charge in [0.25, 0.3) is 0 Å². The zero-order valence-electron chi connectivity index (χ0n) is 12.5. The molecule has 0 saturated heterocycles. The normalized spacial score (nSPS) is 12.7. The van der Waals surface area contributed by atoms with Gasteiger partial charge < -0.3 is 15.7 Å². The molecule has 1 rings (SSSR count). The molecule has 0 spiro atoms. The molecule has 0 aliphatic heterocycles. The van der Waals surface area contributed by atoms with Crippen LogP contribution in [-0.4, -0.2) is 31.4 Å². The van der Waals surface area contributed by atoms with Gasteiger partial charge in [-0.15, -0.1) is 0 Å². The second-order valence-corrected chi connectivity index (χ2v) is 7.15. The Bertz CT molecular complexity index is 599. The van der Waals surface area contributed by atoms with E-state index in [4.69, 9.17) is 0 Å². The number of hydrogen-bond donors (Lipinski definition) is 3. The molecule has 0 saturated carbocycles. The summed E-state index contributed by atoms with van der Waals surface area (Å²) in [6.07, 6.45) is 1.78. The smallest absolute Gasteiger partial charge is 0.319 e. The van der Waals surface area contributed by atoms with Gasteiger partial charge in [0.15, 0.2) is 9.84 Å². The number of hydrogen-bond acceptors (Lipinski definition) is 4. The number of carbonyl (C=O) groups is 1. The van der Waals surface area contributed by atoms with Crippen molar-refractivity contribution in [2.24, 2.45) is 0 Å². The zero-order valence-corrected chi connectivity index (χ0v) is 13.3. The second-order valence-electron chi connectivity index (χ2n) is 4.87. The van der Waals surface area contributed by atoms with Crippen LogP contribution in [0.3, 0.4) is 0 Å². The fourth-order valence-electron chi connectivity index (χ4n) is 1.86. The maximum absolute atomic E-state index is 11.8. The van der Waals surface area contributed by atoms with Crippen LogP contribution in [-0.2, 0) is 9.84 Å². The number of benzene rings is 1. The molecule has 1 atom stereocenters. The van der Waals surface area contributed by atoms with E-state index >= 15 is 0 Å². The molecule has 1 unspecified atom stereocenters. The van der Waals surface area contributed by atoms with Gasteiger partial charge in [0, 0.05) is 6.04 Å². The van der Waals surface area contributed by atoms with E-state index in [1.165, 1.54) is 25.1 Å². The van der Waals surface area contributed by atoms with Crippen molar-refractivity contribution in [3.05, 3.63) is 18.2 Å². The standard InChI is InChI=1S/C14H22N2O4S/c1-4-6-10(3)15-14(18)16-12-9-11(7-8-13(12)17)21(19,20)5-2/h7-10,17H,4-6H2,1-3H3,(H2,15,16,18). The van der Waals surface area contributed by atoms with Crippen molar-refractivity contribution < 1.29 is 18.3 Å². The van der Waals surface area contributed by atoms with Crippen molar-refractivity contribution >= 4 is 21.6 Å². The molecule has 0 aliphatic rings. The molecule has 0 radical (unpaired) electrons. The quantitative estimate of drug-likeness (QED) is 0.703. The Kier molecular flexibility index (Phi) is 6.02. The highest BCUT2D eigenvalue weighted by Gasteiger charge is 2.15. The summed E-state index contributed by atoms with van der Waals surface area (Å²) in [7, 11) is -3.39. The van der Waals surface area contributed by atoms with Gasteiger partial charge >= 0.3 is 6.03 Å². The fraction of sp³-hybridized carbons (Fsp3) is 0.500. The van der Waals surface area contributed by atoms with Crippen LogP contribution < -0.4 is 10.6 Å². The Morgan fingerprint density at radius 3 is 2.57 bits per heavy atom. The molecule has 0 bridgehead atoms. The molecule has 0 fully saturated rings. The summed E-state index contributed by atoms with van der Waals surface area (Å²) in [4.78, 5) is 11.9. The minimum Gasteiger partial charge on any atom is -0.506 e. The van der Waals surface area contributed by atoms with Gasteiger partial charge in [0.2, 0.25) is 0 Å². The number of anilines is 1. The highest BCUT2D eigenvalue weighted by Crippen LogP contribution is 2.26. The first-order valence-corrected chi connectivity index (χ1v) is 8.58. The molecule has 0 aliphatic carbocycles. The average molecular weight is 314 g/mol. The summed E-state index contributed by atoms with van der Waals surface area (Å²) in [6, 6.07) is 3.36. The number of sulfone groups is 1. The third-order valence-electron chi connectivity index (χ3n) is 3.05. The molecule has 118 valence electrons. The summed E-state index contributed by atoms with van der Waals surface area (Å²) in [5.74, 6) is -0.222. The van der Waals surface area contributed by atoms with Crippen LogP contribution >= 0.6 is 0 Å². The molecule has 1 aromatic carbocycles. The number of nitrogens with one attached hydrogen (secondary N) is 2. The first-order valence-electron chi connectivity index (χ1n) is 6.93. The first kappa shape index (κ1) is 17.3. The van der Waals surface area contributed by atoms with Crippen molar-refractivity contribution in [1.29, 1.82) is 0 Å². The minimum atomic E-state index is -3.39. The van der Waals surface area contributed by atoms with Gasteiger partial charge in [-0.25, -0.2) is 13.2 Å². The molecule has 21 heavy (non-hydrogen) atoms. The summed E-state index contributed by atoms with van der Waals surface area (Å²) in [6.45, 7) is 5.43. The van der Waals surface area contributed by atoms with Crippen LogP contribution in [0.4, 0.5) is 10.5 Å². The Morgan fingerprint density at radius 1 is 1.33 bits per heavy atom. The van der Waals surface area contributed by atoms with Gasteiger partial charge in [0.05, 0.1) is 16.3 Å². The molecule has 7 heteroatoms. The molecular weight excluding hydrogens is 292 g/mol. The van der Waals surface area contributed by atoms with Crippen LogP contribution in [0.25, 0.3) is 0 Å². The lowest BCUT2D eigenvalue weighted by Crippen LogP contribution is -2.36. The van der Waals surface area contributed by atoms with Crippen LogP contribution in [0.5, 0.6) is 5.75 Å². The summed E-state index contributed by atoms with van der Waals surface area (Å²) >= 11 is 0. The van der Waals surface area contributed by atoms with Crippen LogP contribution in [0, 0.1) is 0 Å². The van der Waals surface area contributed by atoms with Crippen LogP contribution in [0.2, 0.25) is 0 Å². The lowest BCUT2D eigenvalue weighted by molar-refractivity contribution is 0.248. The van der Waals surface area contributed by atoms with E-state index in [0.29, 0.717) is 0 Å². The van der Waals surface area contributed by atoms with Gasteiger partial charge in [-0.1, -0.05) is 20.3 Å². The molecule has 1 aromatic rings. The van der Waals surface area contributed by atoms with Gasteiger partial charge in [0.1, 0.15) is 5.75 Å². The number of phenolic OH excluding ortho intramolecular Hbond substituents is 1. The van der Waals surface area contributed by atoms with Crippen molar-refractivity contribution in [1.82, 2.24) is 5.32 Å². The monoisotopic (exact) mass is 314 g/mol. The van der Waals surface area contributed by atoms with E-state index in [1.807, 2.05) is 13.8 Å². The predicted molar refractivity (Wildman–Crippen MR) is 82.4 cm³/mol. The van der Waals surface area contributed by atoms with Crippen molar-refractivity contribution in [2.45, 2.75) is 44.6 Å². The minimum absolute atomic E-state index is 0.000278. The first-order chi connectivity index (χ1) is 9.80. The Hall–Kier alpha value is -1.76. The second kappa shape index (κ2) is 7.31. The highest BCUT2D eigenvalue weighted by atomic mass is 32.2. The zero-order chi connectivity index (χ0) is 16.0. The number of phenols is 1. The molecule has 0 heterocycles. The van der Waals surface area contributed by atoms with Crippen molar-refractivity contribution in [3.8, 4) is 5.75 Å². The van der Waals surface area contributed by atoms with E-state index in [9.17, 15) is 18.3 Å². The Morgan fingerprint density at radius 2 is 2.00 bits per heavy atom. The SMILES string of the molecule is CCCC(C)NC(=O)Nc1cc(S(=O)(=O)CC)ccc1O. The number of aromatic hydroxyl groups is 1. The van der Waals surface area contributed by atoms with E-state index in [1.54, 1.807) is 0 Å². The van der Waals surface area contributed by atoms with E-state index < -0.39 is 15.9 Å². The van der Waals surface area contributed by atoms with Gasteiger partial charge in [-0.3, -0.25) is 0 Å². The molecule has 3 N–H and O–H groups in total.